The van der Waals surface area contributed by atoms with Gasteiger partial charge in [-0.2, -0.15) is 0 Å². The first-order valence-electron chi connectivity index (χ1n) is 6.52. The molecule has 96 valence electrons. The highest BCUT2D eigenvalue weighted by atomic mass is 16.4. The van der Waals surface area contributed by atoms with Crippen molar-refractivity contribution >= 4 is 11.9 Å². The molecule has 1 N–H and O–H groups in total. The van der Waals surface area contributed by atoms with E-state index in [0.29, 0.717) is 12.3 Å². The molecular formula is C13H21NO3. The highest BCUT2D eigenvalue weighted by molar-refractivity contribution is 5.85. The Morgan fingerprint density at radius 1 is 1.18 bits per heavy atom. The highest BCUT2D eigenvalue weighted by Gasteiger charge is 2.41. The molecule has 4 nitrogen and oxygen atoms in total. The van der Waals surface area contributed by atoms with Crippen molar-refractivity contribution in [1.29, 1.82) is 0 Å². The van der Waals surface area contributed by atoms with Crippen LogP contribution in [0.5, 0.6) is 0 Å². The molecule has 0 saturated heterocycles. The fraction of sp³-hybridized carbons (Fsp3) is 0.846. The molecule has 0 spiro atoms. The first-order valence-corrected chi connectivity index (χ1v) is 6.52. The molecule has 17 heavy (non-hydrogen) atoms. The molecule has 0 aromatic rings. The molecule has 2 rings (SSSR count). The number of rotatable bonds is 4. The summed E-state index contributed by atoms with van der Waals surface area (Å²) in [6.45, 7) is 2.07. The number of carbonyl (C=O) groups excluding carboxylic acids is 1. The summed E-state index contributed by atoms with van der Waals surface area (Å²) in [7, 11) is 1.82. The molecule has 1 amide bonds. The van der Waals surface area contributed by atoms with E-state index in [1.807, 2.05) is 7.05 Å². The zero-order valence-electron chi connectivity index (χ0n) is 10.6. The van der Waals surface area contributed by atoms with Crippen LogP contribution in [0.3, 0.4) is 0 Å². The number of hydrogen-bond donors (Lipinski definition) is 1. The lowest BCUT2D eigenvalue weighted by molar-refractivity contribution is -0.149. The standard InChI is InChI=1S/C13H21NO3/c1-8(9-6-7-9)14(2)12(15)10-4-3-5-11(10)13(16)17/h8-11H,3-7H2,1-2H3,(H,16,17)/t8?,10-,11+/m1/s1. The van der Waals surface area contributed by atoms with E-state index in [1.165, 1.54) is 12.8 Å². The highest BCUT2D eigenvalue weighted by Crippen LogP contribution is 2.37. The normalized spacial score (nSPS) is 30.0. The van der Waals surface area contributed by atoms with E-state index < -0.39 is 11.9 Å². The first-order chi connectivity index (χ1) is 8.02. The van der Waals surface area contributed by atoms with Gasteiger partial charge in [0.05, 0.1) is 11.8 Å². The fourth-order valence-corrected chi connectivity index (χ4v) is 2.91. The van der Waals surface area contributed by atoms with Gasteiger partial charge in [-0.05, 0) is 38.5 Å². The topological polar surface area (TPSA) is 57.6 Å². The summed E-state index contributed by atoms with van der Waals surface area (Å²) in [5.74, 6) is -0.897. The van der Waals surface area contributed by atoms with Gasteiger partial charge in [-0.25, -0.2) is 0 Å². The van der Waals surface area contributed by atoms with Crippen molar-refractivity contribution in [3.8, 4) is 0 Å². The number of carbonyl (C=O) groups is 2. The maximum Gasteiger partial charge on any atom is 0.307 e. The minimum absolute atomic E-state index is 0.0364. The van der Waals surface area contributed by atoms with E-state index in [2.05, 4.69) is 6.92 Å². The SMILES string of the molecule is CC(C1CC1)N(C)C(=O)[C@@H]1CCC[C@@H]1C(=O)O. The van der Waals surface area contributed by atoms with Crippen LogP contribution in [0.25, 0.3) is 0 Å². The quantitative estimate of drug-likeness (QED) is 0.813. The summed E-state index contributed by atoms with van der Waals surface area (Å²) in [4.78, 5) is 25.2. The van der Waals surface area contributed by atoms with Gasteiger partial charge < -0.3 is 10.0 Å². The first kappa shape index (κ1) is 12.4. The van der Waals surface area contributed by atoms with Crippen LogP contribution in [0.4, 0.5) is 0 Å². The average Bonchev–Trinajstić information content (AvgIpc) is 3.02. The Morgan fingerprint density at radius 2 is 1.76 bits per heavy atom. The van der Waals surface area contributed by atoms with Gasteiger partial charge in [0.1, 0.15) is 0 Å². The maximum absolute atomic E-state index is 12.3. The number of hydrogen-bond acceptors (Lipinski definition) is 2. The Bertz CT molecular complexity index is 325. The van der Waals surface area contributed by atoms with E-state index >= 15 is 0 Å². The molecule has 4 heteroatoms. The van der Waals surface area contributed by atoms with E-state index in [4.69, 9.17) is 5.11 Å². The van der Waals surface area contributed by atoms with Crippen LogP contribution in [-0.2, 0) is 9.59 Å². The van der Waals surface area contributed by atoms with Gasteiger partial charge in [-0.3, -0.25) is 9.59 Å². The van der Waals surface area contributed by atoms with Gasteiger partial charge in [-0.1, -0.05) is 6.42 Å². The minimum atomic E-state index is -0.812. The Hall–Kier alpha value is -1.06. The smallest absolute Gasteiger partial charge is 0.307 e. The summed E-state index contributed by atoms with van der Waals surface area (Å²) in [6, 6.07) is 0.262. The monoisotopic (exact) mass is 239 g/mol. The molecule has 0 radical (unpaired) electrons. The predicted molar refractivity (Wildman–Crippen MR) is 63.4 cm³/mol. The van der Waals surface area contributed by atoms with Crippen molar-refractivity contribution in [3.05, 3.63) is 0 Å². The van der Waals surface area contributed by atoms with E-state index in [9.17, 15) is 9.59 Å². The van der Waals surface area contributed by atoms with Crippen LogP contribution < -0.4 is 0 Å². The van der Waals surface area contributed by atoms with Gasteiger partial charge >= 0.3 is 5.97 Å². The van der Waals surface area contributed by atoms with Crippen LogP contribution >= 0.6 is 0 Å². The molecule has 3 atom stereocenters. The van der Waals surface area contributed by atoms with Gasteiger partial charge in [0, 0.05) is 13.1 Å². The number of aliphatic carboxylic acids is 1. The molecular weight excluding hydrogens is 218 g/mol. The Kier molecular flexibility index (Phi) is 3.40. The van der Waals surface area contributed by atoms with Crippen molar-refractivity contribution in [2.45, 2.75) is 45.1 Å². The Labute approximate surface area is 102 Å². The molecule has 2 aliphatic rings. The lowest BCUT2D eigenvalue weighted by Gasteiger charge is -2.29. The third-order valence-electron chi connectivity index (χ3n) is 4.41. The Balaban J connectivity index is 2.00. The zero-order valence-corrected chi connectivity index (χ0v) is 10.6. The number of carboxylic acids is 1. The van der Waals surface area contributed by atoms with Crippen molar-refractivity contribution in [1.82, 2.24) is 4.90 Å². The van der Waals surface area contributed by atoms with Crippen molar-refractivity contribution in [2.24, 2.45) is 17.8 Å². The van der Waals surface area contributed by atoms with Crippen molar-refractivity contribution in [2.75, 3.05) is 7.05 Å². The van der Waals surface area contributed by atoms with Crippen LogP contribution in [0.2, 0.25) is 0 Å². The summed E-state index contributed by atoms with van der Waals surface area (Å²) in [5.41, 5.74) is 0. The Morgan fingerprint density at radius 3 is 2.29 bits per heavy atom. The number of nitrogens with zero attached hydrogens (tertiary/aromatic N) is 1. The van der Waals surface area contributed by atoms with E-state index in [1.54, 1.807) is 4.90 Å². The lowest BCUT2D eigenvalue weighted by atomic mass is 9.94. The fourth-order valence-electron chi connectivity index (χ4n) is 2.91. The number of amides is 1. The molecule has 2 fully saturated rings. The van der Waals surface area contributed by atoms with Crippen molar-refractivity contribution in [3.63, 3.8) is 0 Å². The third kappa shape index (κ3) is 2.45. The lowest BCUT2D eigenvalue weighted by Crippen LogP contribution is -2.42. The summed E-state index contributed by atoms with van der Waals surface area (Å²) in [6.07, 6.45) is 4.64. The van der Waals surface area contributed by atoms with Crippen molar-refractivity contribution < 1.29 is 14.7 Å². The number of carboxylic acid groups (broad SMARTS) is 1. The van der Waals surface area contributed by atoms with Gasteiger partial charge in [0.25, 0.3) is 0 Å². The second-order valence-electron chi connectivity index (χ2n) is 5.51. The molecule has 0 aliphatic heterocycles. The second kappa shape index (κ2) is 4.67. The molecule has 2 saturated carbocycles. The average molecular weight is 239 g/mol. The van der Waals surface area contributed by atoms with Crippen LogP contribution in [0.1, 0.15) is 39.0 Å². The summed E-state index contributed by atoms with van der Waals surface area (Å²) >= 11 is 0. The van der Waals surface area contributed by atoms with Crippen LogP contribution in [-0.4, -0.2) is 35.0 Å². The van der Waals surface area contributed by atoms with Gasteiger partial charge in [-0.15, -0.1) is 0 Å². The second-order valence-corrected chi connectivity index (χ2v) is 5.51. The summed E-state index contributed by atoms with van der Waals surface area (Å²) in [5, 5.41) is 9.10. The minimum Gasteiger partial charge on any atom is -0.481 e. The van der Waals surface area contributed by atoms with Gasteiger partial charge in [0.15, 0.2) is 0 Å². The van der Waals surface area contributed by atoms with Gasteiger partial charge in [0.2, 0.25) is 5.91 Å². The van der Waals surface area contributed by atoms with Crippen LogP contribution in [0.15, 0.2) is 0 Å². The van der Waals surface area contributed by atoms with E-state index in [0.717, 1.165) is 12.8 Å². The summed E-state index contributed by atoms with van der Waals surface area (Å²) < 4.78 is 0. The largest absolute Gasteiger partial charge is 0.481 e. The predicted octanol–water partition coefficient (Wildman–Crippen LogP) is 1.74. The molecule has 1 unspecified atom stereocenters. The molecule has 0 heterocycles. The molecule has 0 aromatic carbocycles. The van der Waals surface area contributed by atoms with E-state index in [-0.39, 0.29) is 17.9 Å². The zero-order chi connectivity index (χ0) is 12.6. The molecule has 0 aromatic heterocycles. The maximum atomic E-state index is 12.3. The molecule has 2 aliphatic carbocycles. The third-order valence-corrected chi connectivity index (χ3v) is 4.41. The molecule has 0 bridgehead atoms. The van der Waals surface area contributed by atoms with Crippen LogP contribution in [0, 0.1) is 17.8 Å².